The molecule has 0 bridgehead atoms. The first-order chi connectivity index (χ1) is 12.2. The van der Waals surface area contributed by atoms with Gasteiger partial charge in [0, 0.05) is 12.6 Å². The van der Waals surface area contributed by atoms with Crippen LogP contribution in [0, 0.1) is 10.1 Å². The second-order valence-electron chi connectivity index (χ2n) is 5.65. The molecule has 2 amide bonds. The number of nitro benzene ring substituents is 1. The zero-order valence-corrected chi connectivity index (χ0v) is 14.4. The van der Waals surface area contributed by atoms with Gasteiger partial charge in [-0.25, -0.2) is 4.79 Å². The number of hydrogen-bond acceptors (Lipinski definition) is 6. The molecule has 1 aliphatic rings. The average molecular weight is 386 g/mol. The fraction of sp³-hybridized carbons (Fsp3) is 0.400. The second kappa shape index (κ2) is 8.11. The molecular weight excluding hydrogens is 370 g/mol. The van der Waals surface area contributed by atoms with Crippen LogP contribution in [0.1, 0.15) is 17.3 Å². The van der Waals surface area contributed by atoms with Gasteiger partial charge in [0.2, 0.25) is 5.91 Å². The van der Waals surface area contributed by atoms with Gasteiger partial charge in [0.15, 0.2) is 6.10 Å². The molecule has 1 aliphatic heterocycles. The second-order valence-corrected chi connectivity index (χ2v) is 6.05. The van der Waals surface area contributed by atoms with Crippen LogP contribution >= 0.6 is 11.6 Å². The molecule has 10 nitrogen and oxygen atoms in total. The zero-order chi connectivity index (χ0) is 19.4. The third kappa shape index (κ3) is 4.46. The van der Waals surface area contributed by atoms with Crippen LogP contribution in [0.5, 0.6) is 0 Å². The number of carboxylic acid groups (broad SMARTS) is 1. The third-order valence-corrected chi connectivity index (χ3v) is 4.02. The van der Waals surface area contributed by atoms with Crippen molar-refractivity contribution in [3.05, 3.63) is 38.9 Å². The quantitative estimate of drug-likeness (QED) is 0.561. The molecule has 0 saturated carbocycles. The molecule has 1 heterocycles. The number of amides is 2. The van der Waals surface area contributed by atoms with E-state index >= 15 is 0 Å². The molecule has 1 saturated heterocycles. The number of nitrogens with zero attached hydrogens (tertiary/aromatic N) is 2. The molecule has 1 aromatic rings. The summed E-state index contributed by atoms with van der Waals surface area (Å²) in [5.41, 5.74) is -0.820. The van der Waals surface area contributed by atoms with Crippen molar-refractivity contribution < 1.29 is 29.2 Å². The van der Waals surface area contributed by atoms with Gasteiger partial charge in [0.05, 0.1) is 29.1 Å². The van der Waals surface area contributed by atoms with E-state index in [-0.39, 0.29) is 23.7 Å². The first-order valence-corrected chi connectivity index (χ1v) is 7.95. The molecule has 26 heavy (non-hydrogen) atoms. The van der Waals surface area contributed by atoms with Gasteiger partial charge in [-0.05, 0) is 13.0 Å². The van der Waals surface area contributed by atoms with Crippen molar-refractivity contribution >= 4 is 35.1 Å². The number of nitro groups is 1. The lowest BCUT2D eigenvalue weighted by Crippen LogP contribution is -2.53. The van der Waals surface area contributed by atoms with Gasteiger partial charge in [-0.1, -0.05) is 17.7 Å². The van der Waals surface area contributed by atoms with Crippen LogP contribution in [-0.4, -0.2) is 64.6 Å². The number of carbonyl (C=O) groups excluding carboxylic acids is 2. The number of morpholine rings is 1. The molecular formula is C15H16ClN3O7. The highest BCUT2D eigenvalue weighted by Crippen LogP contribution is 2.25. The Balaban J connectivity index is 2.05. The Morgan fingerprint density at radius 1 is 1.42 bits per heavy atom. The van der Waals surface area contributed by atoms with Crippen LogP contribution in [-0.2, 0) is 14.3 Å². The van der Waals surface area contributed by atoms with Gasteiger partial charge in [0.1, 0.15) is 5.56 Å². The van der Waals surface area contributed by atoms with Crippen LogP contribution in [0.15, 0.2) is 18.2 Å². The fourth-order valence-electron chi connectivity index (χ4n) is 2.54. The minimum absolute atomic E-state index is 0.116. The predicted molar refractivity (Wildman–Crippen MR) is 89.0 cm³/mol. The van der Waals surface area contributed by atoms with E-state index in [9.17, 15) is 24.5 Å². The summed E-state index contributed by atoms with van der Waals surface area (Å²) in [6, 6.07) is 3.79. The standard InChI is InChI=1S/C15H16ClN3O7/c1-8-6-18(7-11(26-8)15(22)23)12(20)5-17-14(21)13-9(16)3-2-4-10(13)19(24)25/h2-4,8,11H,5-7H2,1H3,(H,17,21)(H,22,23)/t8-,11?/m1/s1. The molecule has 1 unspecified atom stereocenters. The Morgan fingerprint density at radius 3 is 2.73 bits per heavy atom. The molecule has 0 aliphatic carbocycles. The van der Waals surface area contributed by atoms with Gasteiger partial charge in [-0.2, -0.15) is 0 Å². The highest BCUT2D eigenvalue weighted by Gasteiger charge is 2.33. The van der Waals surface area contributed by atoms with E-state index < -0.39 is 47.1 Å². The van der Waals surface area contributed by atoms with Crippen molar-refractivity contribution in [3.8, 4) is 0 Å². The molecule has 2 atom stereocenters. The van der Waals surface area contributed by atoms with Crippen molar-refractivity contribution in [1.29, 1.82) is 0 Å². The Hall–Kier alpha value is -2.72. The summed E-state index contributed by atoms with van der Waals surface area (Å²) in [6.45, 7) is 1.19. The summed E-state index contributed by atoms with van der Waals surface area (Å²) >= 11 is 5.86. The number of carboxylic acids is 1. The first-order valence-electron chi connectivity index (χ1n) is 7.57. The highest BCUT2D eigenvalue weighted by atomic mass is 35.5. The summed E-state index contributed by atoms with van der Waals surface area (Å²) in [4.78, 5) is 47.1. The summed E-state index contributed by atoms with van der Waals surface area (Å²) in [5, 5.41) is 22.2. The Kier molecular flexibility index (Phi) is 6.11. The van der Waals surface area contributed by atoms with Crippen molar-refractivity contribution in [1.82, 2.24) is 10.2 Å². The lowest BCUT2D eigenvalue weighted by Gasteiger charge is -2.34. The van der Waals surface area contributed by atoms with Gasteiger partial charge in [-0.3, -0.25) is 19.7 Å². The SMILES string of the molecule is C[C@@H]1CN(C(=O)CNC(=O)c2c(Cl)cccc2[N+](=O)[O-])CC(C(=O)O)O1. The Labute approximate surface area is 152 Å². The number of carbonyl (C=O) groups is 3. The van der Waals surface area contributed by atoms with Crippen LogP contribution in [0.25, 0.3) is 0 Å². The smallest absolute Gasteiger partial charge is 0.334 e. The van der Waals surface area contributed by atoms with E-state index in [1.165, 1.54) is 17.0 Å². The lowest BCUT2D eigenvalue weighted by molar-refractivity contribution is -0.385. The van der Waals surface area contributed by atoms with Gasteiger partial charge < -0.3 is 20.1 Å². The molecule has 2 rings (SSSR count). The van der Waals surface area contributed by atoms with Crippen LogP contribution in [0.3, 0.4) is 0 Å². The first kappa shape index (κ1) is 19.6. The molecule has 2 N–H and O–H groups in total. The maximum atomic E-state index is 12.2. The van der Waals surface area contributed by atoms with Crippen molar-refractivity contribution in [3.63, 3.8) is 0 Å². The van der Waals surface area contributed by atoms with E-state index in [1.807, 2.05) is 0 Å². The molecule has 1 aromatic carbocycles. The molecule has 1 fully saturated rings. The molecule has 0 radical (unpaired) electrons. The number of ether oxygens (including phenoxy) is 1. The van der Waals surface area contributed by atoms with Crippen molar-refractivity contribution in [2.75, 3.05) is 19.6 Å². The number of halogens is 1. The Morgan fingerprint density at radius 2 is 2.12 bits per heavy atom. The van der Waals surface area contributed by atoms with E-state index in [1.54, 1.807) is 6.92 Å². The number of hydrogen-bond donors (Lipinski definition) is 2. The third-order valence-electron chi connectivity index (χ3n) is 3.70. The van der Waals surface area contributed by atoms with E-state index in [0.29, 0.717) is 0 Å². The fourth-order valence-corrected chi connectivity index (χ4v) is 2.79. The Bertz CT molecular complexity index is 755. The summed E-state index contributed by atoms with van der Waals surface area (Å²) in [7, 11) is 0. The largest absolute Gasteiger partial charge is 0.479 e. The van der Waals surface area contributed by atoms with E-state index in [4.69, 9.17) is 21.4 Å². The van der Waals surface area contributed by atoms with Gasteiger partial charge in [-0.15, -0.1) is 0 Å². The van der Waals surface area contributed by atoms with Crippen LogP contribution in [0.4, 0.5) is 5.69 Å². The van der Waals surface area contributed by atoms with E-state index in [0.717, 1.165) is 6.07 Å². The average Bonchev–Trinajstić information content (AvgIpc) is 2.58. The number of rotatable bonds is 5. The summed E-state index contributed by atoms with van der Waals surface area (Å²) in [6.07, 6.45) is -1.63. The number of aliphatic carboxylic acids is 1. The molecule has 0 aromatic heterocycles. The minimum atomic E-state index is -1.19. The number of benzene rings is 1. The van der Waals surface area contributed by atoms with Gasteiger partial charge >= 0.3 is 5.97 Å². The topological polar surface area (TPSA) is 139 Å². The normalized spacial score (nSPS) is 19.7. The number of nitrogens with one attached hydrogen (secondary N) is 1. The van der Waals surface area contributed by atoms with Crippen LogP contribution in [0.2, 0.25) is 5.02 Å². The van der Waals surface area contributed by atoms with Gasteiger partial charge in [0.25, 0.3) is 11.6 Å². The van der Waals surface area contributed by atoms with Crippen molar-refractivity contribution in [2.24, 2.45) is 0 Å². The lowest BCUT2D eigenvalue weighted by atomic mass is 10.1. The van der Waals surface area contributed by atoms with E-state index in [2.05, 4.69) is 5.32 Å². The summed E-state index contributed by atoms with van der Waals surface area (Å²) in [5.74, 6) is -2.59. The molecule has 0 spiro atoms. The predicted octanol–water partition coefficient (Wildman–Crippen LogP) is 0.679. The maximum Gasteiger partial charge on any atom is 0.334 e. The maximum absolute atomic E-state index is 12.2. The monoisotopic (exact) mass is 385 g/mol. The molecule has 11 heteroatoms. The minimum Gasteiger partial charge on any atom is -0.479 e. The highest BCUT2D eigenvalue weighted by molar-refractivity contribution is 6.34. The van der Waals surface area contributed by atoms with Crippen LogP contribution < -0.4 is 5.32 Å². The molecule has 140 valence electrons. The zero-order valence-electron chi connectivity index (χ0n) is 13.7. The van der Waals surface area contributed by atoms with Crippen molar-refractivity contribution in [2.45, 2.75) is 19.1 Å². The summed E-state index contributed by atoms with van der Waals surface area (Å²) < 4.78 is 5.21.